The van der Waals surface area contributed by atoms with E-state index in [0.717, 1.165) is 40.3 Å². The summed E-state index contributed by atoms with van der Waals surface area (Å²) in [5.74, 6) is 0.674. The molecule has 142 valence electrons. The molecule has 1 saturated heterocycles. The lowest BCUT2D eigenvalue weighted by Crippen LogP contribution is -2.36. The Labute approximate surface area is 171 Å². The van der Waals surface area contributed by atoms with Gasteiger partial charge in [-0.1, -0.05) is 34.1 Å². The number of aromatic nitrogens is 2. The Balaban J connectivity index is 1.50. The van der Waals surface area contributed by atoms with Crippen molar-refractivity contribution in [1.29, 1.82) is 0 Å². The minimum atomic E-state index is -0.169. The van der Waals surface area contributed by atoms with Crippen LogP contribution in [0.3, 0.4) is 0 Å². The standard InChI is InChI=1S/C21H19BrN4O2/c22-17-5-2-6-18(14-17)23-21(27)16-4-1-3-15(13-16)19-7-8-20(25-24-19)26-9-11-28-12-10-26/h1-8,13-14H,9-12H2,(H,23,27). The van der Waals surface area contributed by atoms with Gasteiger partial charge in [0.15, 0.2) is 5.82 Å². The van der Waals surface area contributed by atoms with Crippen molar-refractivity contribution in [3.8, 4) is 11.3 Å². The summed E-state index contributed by atoms with van der Waals surface area (Å²) in [6.07, 6.45) is 0. The summed E-state index contributed by atoms with van der Waals surface area (Å²) >= 11 is 3.41. The highest BCUT2D eigenvalue weighted by Gasteiger charge is 2.14. The SMILES string of the molecule is O=C(Nc1cccc(Br)c1)c1cccc(-c2ccc(N3CCOCC3)nn2)c1. The van der Waals surface area contributed by atoms with Crippen molar-refractivity contribution >= 4 is 33.3 Å². The Kier molecular flexibility index (Phi) is 5.64. The van der Waals surface area contributed by atoms with Crippen molar-refractivity contribution < 1.29 is 9.53 Å². The molecule has 0 spiro atoms. The maximum absolute atomic E-state index is 12.6. The second-order valence-electron chi connectivity index (χ2n) is 6.42. The predicted octanol–water partition coefficient (Wildman–Crippen LogP) is 4.00. The van der Waals surface area contributed by atoms with Gasteiger partial charge in [0.2, 0.25) is 0 Å². The molecule has 1 N–H and O–H groups in total. The van der Waals surface area contributed by atoms with E-state index in [-0.39, 0.29) is 5.91 Å². The van der Waals surface area contributed by atoms with E-state index in [2.05, 4.69) is 36.3 Å². The maximum Gasteiger partial charge on any atom is 0.255 e. The molecule has 28 heavy (non-hydrogen) atoms. The highest BCUT2D eigenvalue weighted by atomic mass is 79.9. The molecule has 1 aliphatic rings. The second kappa shape index (κ2) is 8.50. The van der Waals surface area contributed by atoms with Crippen LogP contribution in [-0.4, -0.2) is 42.4 Å². The number of halogens is 1. The zero-order valence-corrected chi connectivity index (χ0v) is 16.7. The van der Waals surface area contributed by atoms with E-state index in [0.29, 0.717) is 18.8 Å². The second-order valence-corrected chi connectivity index (χ2v) is 7.34. The van der Waals surface area contributed by atoms with Gasteiger partial charge in [-0.2, -0.15) is 0 Å². The molecule has 7 heteroatoms. The van der Waals surface area contributed by atoms with Gasteiger partial charge < -0.3 is 15.0 Å². The van der Waals surface area contributed by atoms with Gasteiger partial charge in [-0.05, 0) is 42.5 Å². The molecular weight excluding hydrogens is 420 g/mol. The molecule has 1 aliphatic heterocycles. The van der Waals surface area contributed by atoms with E-state index in [9.17, 15) is 4.79 Å². The number of benzene rings is 2. The third-order valence-corrected chi connectivity index (χ3v) is 4.98. The van der Waals surface area contributed by atoms with Crippen molar-refractivity contribution in [3.63, 3.8) is 0 Å². The first-order chi connectivity index (χ1) is 13.7. The highest BCUT2D eigenvalue weighted by Crippen LogP contribution is 2.21. The zero-order valence-electron chi connectivity index (χ0n) is 15.1. The average molecular weight is 439 g/mol. The van der Waals surface area contributed by atoms with Crippen LogP contribution in [0.1, 0.15) is 10.4 Å². The fraction of sp³-hybridized carbons (Fsp3) is 0.190. The Bertz CT molecular complexity index is 972. The van der Waals surface area contributed by atoms with Crippen LogP contribution >= 0.6 is 15.9 Å². The summed E-state index contributed by atoms with van der Waals surface area (Å²) in [5, 5.41) is 11.6. The number of anilines is 2. The molecule has 0 atom stereocenters. The average Bonchev–Trinajstić information content (AvgIpc) is 2.75. The van der Waals surface area contributed by atoms with Crippen molar-refractivity contribution in [1.82, 2.24) is 10.2 Å². The molecule has 4 rings (SSSR count). The summed E-state index contributed by atoms with van der Waals surface area (Å²) in [4.78, 5) is 14.7. The Morgan fingerprint density at radius 1 is 1.00 bits per heavy atom. The largest absolute Gasteiger partial charge is 0.378 e. The van der Waals surface area contributed by atoms with Crippen LogP contribution in [0, 0.1) is 0 Å². The summed E-state index contributed by atoms with van der Waals surface area (Å²) in [7, 11) is 0. The van der Waals surface area contributed by atoms with Gasteiger partial charge in [0.1, 0.15) is 0 Å². The van der Waals surface area contributed by atoms with E-state index < -0.39 is 0 Å². The van der Waals surface area contributed by atoms with Gasteiger partial charge in [0.25, 0.3) is 5.91 Å². The Morgan fingerprint density at radius 3 is 2.57 bits per heavy atom. The van der Waals surface area contributed by atoms with E-state index in [1.807, 2.05) is 54.6 Å². The van der Waals surface area contributed by atoms with E-state index in [1.165, 1.54) is 0 Å². The first kappa shape index (κ1) is 18.6. The van der Waals surface area contributed by atoms with Crippen LogP contribution in [0.15, 0.2) is 65.1 Å². The Morgan fingerprint density at radius 2 is 1.82 bits per heavy atom. The molecular formula is C21H19BrN4O2. The zero-order chi connectivity index (χ0) is 19.3. The quantitative estimate of drug-likeness (QED) is 0.666. The maximum atomic E-state index is 12.6. The van der Waals surface area contributed by atoms with Gasteiger partial charge in [0.05, 0.1) is 18.9 Å². The lowest BCUT2D eigenvalue weighted by molar-refractivity contribution is 0.102. The molecule has 0 saturated carbocycles. The van der Waals surface area contributed by atoms with E-state index >= 15 is 0 Å². The molecule has 3 aromatic rings. The third kappa shape index (κ3) is 4.37. The lowest BCUT2D eigenvalue weighted by atomic mass is 10.1. The smallest absolute Gasteiger partial charge is 0.255 e. The van der Waals surface area contributed by atoms with Crippen molar-refractivity contribution in [2.45, 2.75) is 0 Å². The number of nitrogens with zero attached hydrogens (tertiary/aromatic N) is 3. The predicted molar refractivity (Wildman–Crippen MR) is 113 cm³/mol. The molecule has 0 bridgehead atoms. The summed E-state index contributed by atoms with van der Waals surface area (Å²) in [6, 6.07) is 18.8. The molecule has 0 aliphatic carbocycles. The molecule has 1 aromatic heterocycles. The molecule has 2 heterocycles. The molecule has 1 amide bonds. The lowest BCUT2D eigenvalue weighted by Gasteiger charge is -2.27. The van der Waals surface area contributed by atoms with Crippen molar-refractivity contribution in [2.24, 2.45) is 0 Å². The number of amides is 1. The van der Waals surface area contributed by atoms with Crippen LogP contribution < -0.4 is 10.2 Å². The monoisotopic (exact) mass is 438 g/mol. The van der Waals surface area contributed by atoms with Crippen LogP contribution in [0.2, 0.25) is 0 Å². The van der Waals surface area contributed by atoms with Crippen molar-refractivity contribution in [2.75, 3.05) is 36.5 Å². The van der Waals surface area contributed by atoms with Crippen LogP contribution in [0.25, 0.3) is 11.3 Å². The van der Waals surface area contributed by atoms with Gasteiger partial charge in [-0.25, -0.2) is 0 Å². The van der Waals surface area contributed by atoms with E-state index in [1.54, 1.807) is 6.07 Å². The number of carbonyl (C=O) groups excluding carboxylic acids is 1. The highest BCUT2D eigenvalue weighted by molar-refractivity contribution is 9.10. The van der Waals surface area contributed by atoms with Crippen LogP contribution in [0.5, 0.6) is 0 Å². The molecule has 2 aromatic carbocycles. The van der Waals surface area contributed by atoms with Crippen molar-refractivity contribution in [3.05, 3.63) is 70.7 Å². The fourth-order valence-corrected chi connectivity index (χ4v) is 3.43. The van der Waals surface area contributed by atoms with Gasteiger partial charge in [-0.15, -0.1) is 10.2 Å². The summed E-state index contributed by atoms with van der Waals surface area (Å²) in [6.45, 7) is 3.05. The number of nitrogens with one attached hydrogen (secondary N) is 1. The minimum Gasteiger partial charge on any atom is -0.378 e. The number of ether oxygens (including phenoxy) is 1. The number of hydrogen-bond donors (Lipinski definition) is 1. The first-order valence-electron chi connectivity index (χ1n) is 9.03. The Hall–Kier alpha value is -2.77. The number of rotatable bonds is 4. The summed E-state index contributed by atoms with van der Waals surface area (Å²) < 4.78 is 6.28. The first-order valence-corrected chi connectivity index (χ1v) is 9.82. The van der Waals surface area contributed by atoms with E-state index in [4.69, 9.17) is 4.74 Å². The van der Waals surface area contributed by atoms with Gasteiger partial charge >= 0.3 is 0 Å². The number of morpholine rings is 1. The normalized spacial score (nSPS) is 14.0. The molecule has 0 unspecified atom stereocenters. The number of carbonyl (C=O) groups is 1. The molecule has 1 fully saturated rings. The van der Waals surface area contributed by atoms with Crippen LogP contribution in [0.4, 0.5) is 11.5 Å². The topological polar surface area (TPSA) is 67.4 Å². The van der Waals surface area contributed by atoms with Gasteiger partial charge in [-0.3, -0.25) is 4.79 Å². The number of hydrogen-bond acceptors (Lipinski definition) is 5. The van der Waals surface area contributed by atoms with Crippen LogP contribution in [-0.2, 0) is 4.74 Å². The summed E-state index contributed by atoms with van der Waals surface area (Å²) in [5.41, 5.74) is 2.88. The fourth-order valence-electron chi connectivity index (χ4n) is 3.03. The third-order valence-electron chi connectivity index (χ3n) is 4.49. The minimum absolute atomic E-state index is 0.169. The molecule has 6 nitrogen and oxygen atoms in total. The van der Waals surface area contributed by atoms with Gasteiger partial charge in [0, 0.05) is 34.4 Å². The molecule has 0 radical (unpaired) electrons.